The third kappa shape index (κ3) is 8.02. The standard InChI is InChI=1S/C22H32N4O5/c27-16-20-19(25-22(29)14-17-4-1-2-7-23-17)6-5-18(31-20)15-21(28)24-8-3-9-26-10-12-30-13-11-26/h1-2,4-7,18-20,27H,3,8-16H2,(H,24,28)(H,25,29)/t18-,19+,20+/m0/s1. The van der Waals surface area contributed by atoms with Crippen molar-refractivity contribution in [1.82, 2.24) is 20.5 Å². The molecule has 0 aliphatic carbocycles. The van der Waals surface area contributed by atoms with Gasteiger partial charge in [-0.1, -0.05) is 18.2 Å². The molecule has 0 unspecified atom stereocenters. The molecule has 3 atom stereocenters. The van der Waals surface area contributed by atoms with E-state index in [1.165, 1.54) is 0 Å². The number of aliphatic hydroxyl groups is 1. The number of rotatable bonds is 10. The molecular formula is C22H32N4O5. The maximum Gasteiger partial charge on any atom is 0.226 e. The van der Waals surface area contributed by atoms with Crippen LogP contribution in [0.2, 0.25) is 0 Å². The Morgan fingerprint density at radius 1 is 1.19 bits per heavy atom. The average Bonchev–Trinajstić information content (AvgIpc) is 2.79. The summed E-state index contributed by atoms with van der Waals surface area (Å²) in [4.78, 5) is 31.0. The summed E-state index contributed by atoms with van der Waals surface area (Å²) < 4.78 is 11.1. The fourth-order valence-electron chi connectivity index (χ4n) is 3.65. The lowest BCUT2D eigenvalue weighted by atomic mass is 10.0. The summed E-state index contributed by atoms with van der Waals surface area (Å²) in [5, 5.41) is 15.5. The lowest BCUT2D eigenvalue weighted by molar-refractivity contribution is -0.128. The van der Waals surface area contributed by atoms with Crippen molar-refractivity contribution in [2.45, 2.75) is 37.5 Å². The van der Waals surface area contributed by atoms with Crippen molar-refractivity contribution < 1.29 is 24.2 Å². The van der Waals surface area contributed by atoms with Gasteiger partial charge >= 0.3 is 0 Å². The second-order valence-electron chi connectivity index (χ2n) is 7.73. The zero-order valence-electron chi connectivity index (χ0n) is 17.7. The Balaban J connectivity index is 1.37. The monoisotopic (exact) mass is 432 g/mol. The summed E-state index contributed by atoms with van der Waals surface area (Å²) in [5.41, 5.74) is 0.671. The molecule has 0 radical (unpaired) electrons. The summed E-state index contributed by atoms with van der Waals surface area (Å²) in [7, 11) is 0. The molecule has 31 heavy (non-hydrogen) atoms. The molecule has 9 heteroatoms. The molecule has 1 saturated heterocycles. The van der Waals surface area contributed by atoms with Gasteiger partial charge in [0.2, 0.25) is 11.8 Å². The van der Waals surface area contributed by atoms with Gasteiger partial charge in [0, 0.05) is 31.5 Å². The minimum atomic E-state index is -0.600. The lowest BCUT2D eigenvalue weighted by Crippen LogP contribution is -2.49. The number of amides is 2. The van der Waals surface area contributed by atoms with Crippen LogP contribution in [0.25, 0.3) is 0 Å². The molecule has 1 aromatic heterocycles. The zero-order valence-corrected chi connectivity index (χ0v) is 17.7. The van der Waals surface area contributed by atoms with Crippen molar-refractivity contribution in [2.75, 3.05) is 46.0 Å². The van der Waals surface area contributed by atoms with Crippen LogP contribution in [0.5, 0.6) is 0 Å². The highest BCUT2D eigenvalue weighted by Crippen LogP contribution is 2.16. The van der Waals surface area contributed by atoms with Crippen LogP contribution in [0.15, 0.2) is 36.5 Å². The Bertz CT molecular complexity index is 724. The highest BCUT2D eigenvalue weighted by Gasteiger charge is 2.29. The second-order valence-corrected chi connectivity index (χ2v) is 7.73. The van der Waals surface area contributed by atoms with Gasteiger partial charge in [-0.15, -0.1) is 0 Å². The number of hydrogen-bond donors (Lipinski definition) is 3. The second kappa shape index (κ2) is 12.5. The molecule has 0 aromatic carbocycles. The van der Waals surface area contributed by atoms with E-state index in [0.717, 1.165) is 39.3 Å². The van der Waals surface area contributed by atoms with Crippen LogP contribution < -0.4 is 10.6 Å². The number of nitrogens with zero attached hydrogens (tertiary/aromatic N) is 2. The highest BCUT2D eigenvalue weighted by atomic mass is 16.5. The molecule has 3 N–H and O–H groups in total. The normalized spacial score (nSPS) is 24.0. The number of nitrogens with one attached hydrogen (secondary N) is 2. The quantitative estimate of drug-likeness (QED) is 0.342. The summed E-state index contributed by atoms with van der Waals surface area (Å²) in [5.74, 6) is -0.294. The maximum absolute atomic E-state index is 12.3. The maximum atomic E-state index is 12.3. The molecule has 3 heterocycles. The molecule has 0 saturated carbocycles. The number of aromatic nitrogens is 1. The summed E-state index contributed by atoms with van der Waals surface area (Å²) >= 11 is 0. The largest absolute Gasteiger partial charge is 0.394 e. The first-order chi connectivity index (χ1) is 15.1. The van der Waals surface area contributed by atoms with Crippen molar-refractivity contribution in [3.8, 4) is 0 Å². The summed E-state index contributed by atoms with van der Waals surface area (Å²) in [6.45, 7) is 4.73. The summed E-state index contributed by atoms with van der Waals surface area (Å²) in [6, 6.07) is 4.95. The van der Waals surface area contributed by atoms with Gasteiger partial charge < -0.3 is 25.2 Å². The molecule has 1 aromatic rings. The molecule has 1 fully saturated rings. The lowest BCUT2D eigenvalue weighted by Gasteiger charge is -2.31. The Labute approximate surface area is 182 Å². The summed E-state index contributed by atoms with van der Waals surface area (Å²) in [6.07, 6.45) is 5.39. The third-order valence-corrected chi connectivity index (χ3v) is 5.32. The Morgan fingerprint density at radius 3 is 2.77 bits per heavy atom. The molecular weight excluding hydrogens is 400 g/mol. The first kappa shape index (κ1) is 23.3. The van der Waals surface area contributed by atoms with E-state index in [0.29, 0.717) is 12.2 Å². The van der Waals surface area contributed by atoms with Crippen molar-refractivity contribution in [1.29, 1.82) is 0 Å². The van der Waals surface area contributed by atoms with E-state index in [-0.39, 0.29) is 31.3 Å². The van der Waals surface area contributed by atoms with Gasteiger partial charge in [-0.05, 0) is 25.1 Å². The molecule has 170 valence electrons. The minimum Gasteiger partial charge on any atom is -0.394 e. The smallest absolute Gasteiger partial charge is 0.226 e. The van der Waals surface area contributed by atoms with E-state index in [9.17, 15) is 14.7 Å². The van der Waals surface area contributed by atoms with Crippen LogP contribution in [0.1, 0.15) is 18.5 Å². The molecule has 0 bridgehead atoms. The van der Waals surface area contributed by atoms with Crippen LogP contribution >= 0.6 is 0 Å². The van der Waals surface area contributed by atoms with E-state index < -0.39 is 18.2 Å². The average molecular weight is 433 g/mol. The Hall–Kier alpha value is -2.33. The van der Waals surface area contributed by atoms with Gasteiger partial charge in [-0.25, -0.2) is 0 Å². The minimum absolute atomic E-state index is 0.0917. The number of hydrogen-bond acceptors (Lipinski definition) is 7. The fourth-order valence-corrected chi connectivity index (χ4v) is 3.65. The van der Waals surface area contributed by atoms with Crippen LogP contribution in [-0.2, 0) is 25.5 Å². The van der Waals surface area contributed by atoms with E-state index in [1.54, 1.807) is 30.5 Å². The van der Waals surface area contributed by atoms with Gasteiger partial charge in [-0.3, -0.25) is 19.5 Å². The van der Waals surface area contributed by atoms with Gasteiger partial charge in [0.05, 0.1) is 44.8 Å². The molecule has 2 aliphatic rings. The molecule has 3 rings (SSSR count). The van der Waals surface area contributed by atoms with Crippen LogP contribution in [-0.4, -0.2) is 91.1 Å². The number of carbonyl (C=O) groups is 2. The van der Waals surface area contributed by atoms with Gasteiger partial charge in [0.1, 0.15) is 6.10 Å². The molecule has 2 amide bonds. The fraction of sp³-hybridized carbons (Fsp3) is 0.591. The Morgan fingerprint density at radius 2 is 2.03 bits per heavy atom. The predicted molar refractivity (Wildman–Crippen MR) is 114 cm³/mol. The van der Waals surface area contributed by atoms with Crippen molar-refractivity contribution in [3.63, 3.8) is 0 Å². The van der Waals surface area contributed by atoms with Crippen molar-refractivity contribution >= 4 is 11.8 Å². The molecule has 0 spiro atoms. The van der Waals surface area contributed by atoms with Gasteiger partial charge in [0.25, 0.3) is 0 Å². The third-order valence-electron chi connectivity index (χ3n) is 5.32. The first-order valence-electron chi connectivity index (χ1n) is 10.8. The predicted octanol–water partition coefficient (Wildman–Crippen LogP) is -0.347. The topological polar surface area (TPSA) is 113 Å². The van der Waals surface area contributed by atoms with Crippen LogP contribution in [0.3, 0.4) is 0 Å². The highest BCUT2D eigenvalue weighted by molar-refractivity contribution is 5.79. The van der Waals surface area contributed by atoms with E-state index in [4.69, 9.17) is 9.47 Å². The van der Waals surface area contributed by atoms with E-state index in [2.05, 4.69) is 20.5 Å². The number of ether oxygens (including phenoxy) is 2. The number of aliphatic hydroxyl groups excluding tert-OH is 1. The number of carbonyl (C=O) groups excluding carboxylic acids is 2. The van der Waals surface area contributed by atoms with Gasteiger partial charge in [-0.2, -0.15) is 0 Å². The zero-order chi connectivity index (χ0) is 21.9. The molecule has 2 aliphatic heterocycles. The van der Waals surface area contributed by atoms with Crippen molar-refractivity contribution in [2.24, 2.45) is 0 Å². The van der Waals surface area contributed by atoms with Crippen molar-refractivity contribution in [3.05, 3.63) is 42.2 Å². The van der Waals surface area contributed by atoms with Gasteiger partial charge in [0.15, 0.2) is 0 Å². The van der Waals surface area contributed by atoms with E-state index >= 15 is 0 Å². The SMILES string of the molecule is O=C(C[C@@H]1C=C[C@@H](NC(=O)Cc2ccccn2)[C@@H](CO)O1)NCCCN1CCOCC1. The van der Waals surface area contributed by atoms with E-state index in [1.807, 2.05) is 6.07 Å². The first-order valence-corrected chi connectivity index (χ1v) is 10.8. The van der Waals surface area contributed by atoms with Crippen LogP contribution in [0, 0.1) is 0 Å². The molecule has 9 nitrogen and oxygen atoms in total. The number of morpholine rings is 1. The van der Waals surface area contributed by atoms with Crippen LogP contribution in [0.4, 0.5) is 0 Å². The Kier molecular flexibility index (Phi) is 9.41. The number of pyridine rings is 1.